The predicted octanol–water partition coefficient (Wildman–Crippen LogP) is 5.78. The molecule has 0 aliphatic heterocycles. The number of aromatic amines is 1. The Morgan fingerprint density at radius 1 is 1.15 bits per heavy atom. The molecule has 0 amide bonds. The normalized spacial score (nSPS) is 13.7. The van der Waals surface area contributed by atoms with Gasteiger partial charge in [0.2, 0.25) is 0 Å². The van der Waals surface area contributed by atoms with E-state index in [0.29, 0.717) is 16.2 Å². The van der Waals surface area contributed by atoms with Crippen LogP contribution in [-0.2, 0) is 0 Å². The molecule has 0 fully saturated rings. The molecule has 4 rings (SSSR count). The van der Waals surface area contributed by atoms with Crippen LogP contribution in [0.2, 0.25) is 5.02 Å². The summed E-state index contributed by atoms with van der Waals surface area (Å²) in [6.07, 6.45) is 0. The molecule has 0 aliphatic rings. The Labute approximate surface area is 169 Å². The minimum Gasteiger partial charge on any atom is -0.309 e. The molecule has 27 heavy (non-hydrogen) atoms. The van der Waals surface area contributed by atoms with E-state index in [4.69, 9.17) is 16.6 Å². The van der Waals surface area contributed by atoms with Crippen LogP contribution in [-0.4, -0.2) is 9.97 Å². The first kappa shape index (κ1) is 18.4. The summed E-state index contributed by atoms with van der Waals surface area (Å²) in [7, 11) is 0. The van der Waals surface area contributed by atoms with Gasteiger partial charge in [-0.2, -0.15) is 0 Å². The Hall–Kier alpha value is -1.99. The smallest absolute Gasteiger partial charge is 0.260 e. The molecule has 3 aromatic heterocycles. The number of nitrogens with one attached hydrogen (secondary N) is 2. The molecule has 0 unspecified atom stereocenters. The number of fused-ring (bicyclic) bond motifs is 1. The fraction of sp³-hybridized carbons (Fsp3) is 0.200. The number of benzene rings is 1. The summed E-state index contributed by atoms with van der Waals surface area (Å²) >= 11 is 9.22. The standard InChI is InChI=1S/C20H18ClN3OS2/c1-11(13-5-3-6-14(21)9-13)22-12(2)18-23-19(25)17-15(10-27-20(17)24-18)16-7-4-8-26-16/h3-12,22H,1-2H3,(H,23,24,25)/t11-,12-/m0/s1. The molecule has 0 aliphatic carbocycles. The number of nitrogens with zero attached hydrogens (tertiary/aromatic N) is 1. The number of rotatable bonds is 5. The zero-order valence-electron chi connectivity index (χ0n) is 14.8. The van der Waals surface area contributed by atoms with Gasteiger partial charge in [-0.1, -0.05) is 29.8 Å². The Balaban J connectivity index is 1.63. The van der Waals surface area contributed by atoms with Crippen LogP contribution in [0, 0.1) is 0 Å². The van der Waals surface area contributed by atoms with E-state index < -0.39 is 0 Å². The van der Waals surface area contributed by atoms with Crippen molar-refractivity contribution in [1.82, 2.24) is 15.3 Å². The van der Waals surface area contributed by atoms with Crippen molar-refractivity contribution in [3.05, 3.63) is 73.9 Å². The third-order valence-electron chi connectivity index (χ3n) is 4.51. The van der Waals surface area contributed by atoms with Crippen LogP contribution in [0.25, 0.3) is 20.7 Å². The van der Waals surface area contributed by atoms with Crippen molar-refractivity contribution in [3.63, 3.8) is 0 Å². The van der Waals surface area contributed by atoms with Gasteiger partial charge in [0, 0.05) is 26.9 Å². The number of hydrogen-bond donors (Lipinski definition) is 2. The largest absolute Gasteiger partial charge is 0.309 e. The van der Waals surface area contributed by atoms with Crippen LogP contribution >= 0.6 is 34.3 Å². The number of H-pyrrole nitrogens is 1. The average molecular weight is 416 g/mol. The van der Waals surface area contributed by atoms with Crippen molar-refractivity contribution >= 4 is 44.5 Å². The maximum Gasteiger partial charge on any atom is 0.260 e. The lowest BCUT2D eigenvalue weighted by atomic mass is 10.1. The van der Waals surface area contributed by atoms with Gasteiger partial charge in [0.25, 0.3) is 5.56 Å². The Bertz CT molecular complexity index is 1130. The highest BCUT2D eigenvalue weighted by molar-refractivity contribution is 7.18. The summed E-state index contributed by atoms with van der Waals surface area (Å²) in [6, 6.07) is 11.7. The van der Waals surface area contributed by atoms with E-state index in [0.717, 1.165) is 20.8 Å². The van der Waals surface area contributed by atoms with Crippen LogP contribution in [0.5, 0.6) is 0 Å². The fourth-order valence-electron chi connectivity index (χ4n) is 3.11. The molecule has 1 aromatic carbocycles. The van der Waals surface area contributed by atoms with Crippen LogP contribution in [0.1, 0.15) is 37.3 Å². The third-order valence-corrected chi connectivity index (χ3v) is 6.52. The molecule has 4 nitrogen and oxygen atoms in total. The first-order valence-electron chi connectivity index (χ1n) is 8.59. The molecule has 2 atom stereocenters. The molecular formula is C20H18ClN3OS2. The third kappa shape index (κ3) is 3.71. The summed E-state index contributed by atoms with van der Waals surface area (Å²) in [4.78, 5) is 22.3. The molecule has 2 N–H and O–H groups in total. The van der Waals surface area contributed by atoms with Crippen LogP contribution in [0.4, 0.5) is 0 Å². The lowest BCUT2D eigenvalue weighted by Gasteiger charge is -2.20. The van der Waals surface area contributed by atoms with Gasteiger partial charge < -0.3 is 10.3 Å². The van der Waals surface area contributed by atoms with Gasteiger partial charge in [-0.3, -0.25) is 4.79 Å². The van der Waals surface area contributed by atoms with Crippen LogP contribution in [0.3, 0.4) is 0 Å². The van der Waals surface area contributed by atoms with E-state index in [2.05, 4.69) is 17.2 Å². The van der Waals surface area contributed by atoms with Crippen molar-refractivity contribution in [2.24, 2.45) is 0 Å². The van der Waals surface area contributed by atoms with Gasteiger partial charge in [0.1, 0.15) is 10.7 Å². The molecule has 7 heteroatoms. The lowest BCUT2D eigenvalue weighted by Crippen LogP contribution is -2.26. The first-order chi connectivity index (χ1) is 13.0. The lowest BCUT2D eigenvalue weighted by molar-refractivity contribution is 0.477. The van der Waals surface area contributed by atoms with Gasteiger partial charge in [-0.05, 0) is 43.0 Å². The molecular weight excluding hydrogens is 398 g/mol. The zero-order chi connectivity index (χ0) is 19.0. The van der Waals surface area contributed by atoms with Gasteiger partial charge in [0.15, 0.2) is 0 Å². The van der Waals surface area contributed by atoms with E-state index >= 15 is 0 Å². The summed E-state index contributed by atoms with van der Waals surface area (Å²) in [5.74, 6) is 0.640. The molecule has 3 heterocycles. The average Bonchev–Trinajstić information content (AvgIpc) is 3.31. The van der Waals surface area contributed by atoms with Crippen LogP contribution < -0.4 is 10.9 Å². The predicted molar refractivity (Wildman–Crippen MR) is 115 cm³/mol. The highest BCUT2D eigenvalue weighted by Crippen LogP contribution is 2.33. The summed E-state index contributed by atoms with van der Waals surface area (Å²) in [5.41, 5.74) is 1.95. The van der Waals surface area contributed by atoms with E-state index in [1.165, 1.54) is 11.3 Å². The molecule has 0 saturated carbocycles. The van der Waals surface area contributed by atoms with E-state index in [9.17, 15) is 4.79 Å². The van der Waals surface area contributed by atoms with Gasteiger partial charge in [-0.25, -0.2) is 4.98 Å². The zero-order valence-corrected chi connectivity index (χ0v) is 17.2. The number of thiophene rings is 2. The molecule has 0 saturated heterocycles. The summed E-state index contributed by atoms with van der Waals surface area (Å²) < 4.78 is 0. The highest BCUT2D eigenvalue weighted by Gasteiger charge is 2.18. The Kier molecular flexibility index (Phi) is 5.14. The first-order valence-corrected chi connectivity index (χ1v) is 10.7. The summed E-state index contributed by atoms with van der Waals surface area (Å²) in [5, 5.41) is 8.88. The monoisotopic (exact) mass is 415 g/mol. The summed E-state index contributed by atoms with van der Waals surface area (Å²) in [6.45, 7) is 4.07. The molecule has 0 spiro atoms. The SMILES string of the molecule is C[C@H](N[C@@H](C)c1nc2scc(-c3cccs3)c2c(=O)[nH]1)c1cccc(Cl)c1. The van der Waals surface area contributed by atoms with Crippen LogP contribution in [0.15, 0.2) is 52.0 Å². The number of hydrogen-bond acceptors (Lipinski definition) is 5. The molecule has 0 radical (unpaired) electrons. The van der Waals surface area contributed by atoms with Crippen molar-refractivity contribution in [1.29, 1.82) is 0 Å². The highest BCUT2D eigenvalue weighted by atomic mass is 35.5. The number of halogens is 1. The second-order valence-corrected chi connectivity index (χ2v) is 8.67. The molecule has 4 aromatic rings. The maximum atomic E-state index is 12.8. The Morgan fingerprint density at radius 3 is 2.74 bits per heavy atom. The van der Waals surface area contributed by atoms with Gasteiger partial charge >= 0.3 is 0 Å². The minimum absolute atomic E-state index is 0.0738. The molecule has 138 valence electrons. The van der Waals surface area contributed by atoms with E-state index in [-0.39, 0.29) is 17.6 Å². The van der Waals surface area contributed by atoms with Crippen molar-refractivity contribution in [2.45, 2.75) is 25.9 Å². The van der Waals surface area contributed by atoms with E-state index in [1.807, 2.05) is 54.1 Å². The second-order valence-electron chi connectivity index (χ2n) is 6.42. The van der Waals surface area contributed by atoms with E-state index in [1.54, 1.807) is 11.3 Å². The van der Waals surface area contributed by atoms with Crippen molar-refractivity contribution < 1.29 is 0 Å². The maximum absolute atomic E-state index is 12.8. The Morgan fingerprint density at radius 2 is 2.00 bits per heavy atom. The quantitative estimate of drug-likeness (QED) is 0.434. The van der Waals surface area contributed by atoms with Gasteiger partial charge in [-0.15, -0.1) is 22.7 Å². The minimum atomic E-state index is -0.108. The second kappa shape index (κ2) is 7.56. The topological polar surface area (TPSA) is 57.8 Å². The molecule has 0 bridgehead atoms. The number of aromatic nitrogens is 2. The van der Waals surface area contributed by atoms with Crippen molar-refractivity contribution in [2.75, 3.05) is 0 Å². The van der Waals surface area contributed by atoms with Crippen molar-refractivity contribution in [3.8, 4) is 10.4 Å². The van der Waals surface area contributed by atoms with Gasteiger partial charge in [0.05, 0.1) is 11.4 Å². The fourth-order valence-corrected chi connectivity index (χ4v) is 5.08.